The highest BCUT2D eigenvalue weighted by molar-refractivity contribution is 6.35. The van der Waals surface area contributed by atoms with Crippen molar-refractivity contribution in [3.63, 3.8) is 0 Å². The molecule has 0 saturated heterocycles. The Labute approximate surface area is 232 Å². The van der Waals surface area contributed by atoms with Crippen LogP contribution in [-0.2, 0) is 0 Å². The van der Waals surface area contributed by atoms with E-state index in [1.807, 2.05) is 19.1 Å². The van der Waals surface area contributed by atoms with E-state index < -0.39 is 18.0 Å². The second kappa shape index (κ2) is 10.8. The van der Waals surface area contributed by atoms with Crippen molar-refractivity contribution in [1.29, 1.82) is 5.26 Å². The zero-order valence-electron chi connectivity index (χ0n) is 22.4. The lowest BCUT2D eigenvalue weighted by atomic mass is 9.95. The van der Waals surface area contributed by atoms with E-state index in [1.165, 1.54) is 12.5 Å². The minimum absolute atomic E-state index is 0.00972. The van der Waals surface area contributed by atoms with Crippen LogP contribution in [0, 0.1) is 23.7 Å². The van der Waals surface area contributed by atoms with E-state index in [-0.39, 0.29) is 24.0 Å². The number of nitrogens with two attached hydrogens (primary N) is 2. The highest BCUT2D eigenvalue weighted by Crippen LogP contribution is 2.46. The van der Waals surface area contributed by atoms with Gasteiger partial charge in [0.25, 0.3) is 6.43 Å². The molecule has 1 unspecified atom stereocenters. The molecule has 206 valence electrons. The van der Waals surface area contributed by atoms with Gasteiger partial charge < -0.3 is 21.4 Å². The van der Waals surface area contributed by atoms with Crippen LogP contribution >= 0.6 is 11.6 Å². The molecule has 39 heavy (non-hydrogen) atoms. The van der Waals surface area contributed by atoms with Gasteiger partial charge in [-0.3, -0.25) is 0 Å². The number of nitriles is 1. The summed E-state index contributed by atoms with van der Waals surface area (Å²) in [5, 5.41) is 18.5. The largest absolute Gasteiger partial charge is 0.399 e. The number of fused-ring (bicyclic) bond motifs is 1. The Morgan fingerprint density at radius 1 is 1.28 bits per heavy atom. The summed E-state index contributed by atoms with van der Waals surface area (Å²) in [4.78, 5) is 8.77. The second-order valence-corrected chi connectivity index (χ2v) is 11.5. The Bertz CT molecular complexity index is 1440. The van der Waals surface area contributed by atoms with Crippen LogP contribution < -0.4 is 22.2 Å². The summed E-state index contributed by atoms with van der Waals surface area (Å²) in [6.07, 6.45) is 0.740. The van der Waals surface area contributed by atoms with Crippen molar-refractivity contribution in [3.8, 4) is 6.07 Å². The van der Waals surface area contributed by atoms with Gasteiger partial charge in [0.1, 0.15) is 17.7 Å². The van der Waals surface area contributed by atoms with Crippen molar-refractivity contribution in [2.45, 2.75) is 58.5 Å². The SMILES string of the molecule is Cc1c(C#N)cccc1C(Nc1cc(Cl)c2ncnc(NCC(C)(C)C)c2c1)/C(N)=C/N(N)C1(C(F)F)CC1. The molecule has 0 spiro atoms. The number of alkyl halides is 2. The van der Waals surface area contributed by atoms with Crippen LogP contribution in [-0.4, -0.2) is 33.5 Å². The first-order chi connectivity index (χ1) is 18.4. The van der Waals surface area contributed by atoms with Crippen molar-refractivity contribution < 1.29 is 8.78 Å². The molecule has 1 aromatic heterocycles. The molecule has 2 aromatic carbocycles. The third-order valence-corrected chi connectivity index (χ3v) is 7.19. The molecule has 3 aromatic rings. The smallest absolute Gasteiger partial charge is 0.262 e. The second-order valence-electron chi connectivity index (χ2n) is 11.1. The molecule has 1 saturated carbocycles. The van der Waals surface area contributed by atoms with Crippen molar-refractivity contribution in [1.82, 2.24) is 15.0 Å². The first kappa shape index (κ1) is 28.3. The minimum Gasteiger partial charge on any atom is -0.399 e. The predicted molar refractivity (Wildman–Crippen MR) is 151 cm³/mol. The lowest BCUT2D eigenvalue weighted by Crippen LogP contribution is -2.44. The molecule has 1 fully saturated rings. The Morgan fingerprint density at radius 3 is 2.62 bits per heavy atom. The fourth-order valence-electron chi connectivity index (χ4n) is 4.37. The third-order valence-electron chi connectivity index (χ3n) is 6.90. The summed E-state index contributed by atoms with van der Waals surface area (Å²) in [6.45, 7) is 8.82. The normalized spacial score (nSPS) is 15.6. The molecule has 1 aliphatic carbocycles. The van der Waals surface area contributed by atoms with Crippen molar-refractivity contribution >= 4 is 34.0 Å². The van der Waals surface area contributed by atoms with Crippen LogP contribution in [0.5, 0.6) is 0 Å². The van der Waals surface area contributed by atoms with Gasteiger partial charge in [-0.2, -0.15) is 5.26 Å². The number of halogens is 3. The monoisotopic (exact) mass is 554 g/mol. The summed E-state index contributed by atoms with van der Waals surface area (Å²) < 4.78 is 27.4. The van der Waals surface area contributed by atoms with Crippen LogP contribution in [0.25, 0.3) is 10.9 Å². The van der Waals surface area contributed by atoms with Gasteiger partial charge in [-0.1, -0.05) is 44.5 Å². The van der Waals surface area contributed by atoms with Crippen molar-refractivity contribution in [3.05, 3.63) is 70.3 Å². The maximum absolute atomic E-state index is 13.7. The number of nitrogens with zero attached hydrogens (tertiary/aromatic N) is 4. The summed E-state index contributed by atoms with van der Waals surface area (Å²) in [7, 11) is 0. The van der Waals surface area contributed by atoms with Crippen LogP contribution in [0.4, 0.5) is 20.3 Å². The number of hydrogen-bond donors (Lipinski definition) is 4. The van der Waals surface area contributed by atoms with E-state index in [2.05, 4.69) is 47.4 Å². The lowest BCUT2D eigenvalue weighted by Gasteiger charge is -2.29. The first-order valence-corrected chi connectivity index (χ1v) is 13.0. The van der Waals surface area contributed by atoms with E-state index in [0.717, 1.165) is 5.01 Å². The molecule has 0 amide bonds. The molecule has 0 bridgehead atoms. The predicted octanol–water partition coefficient (Wildman–Crippen LogP) is 5.85. The van der Waals surface area contributed by atoms with Gasteiger partial charge in [0.15, 0.2) is 0 Å². The minimum atomic E-state index is -2.61. The van der Waals surface area contributed by atoms with E-state index in [4.69, 9.17) is 23.2 Å². The zero-order valence-corrected chi connectivity index (χ0v) is 23.2. The topological polar surface area (TPSA) is 129 Å². The first-order valence-electron chi connectivity index (χ1n) is 12.6. The molecule has 1 heterocycles. The van der Waals surface area contributed by atoms with Gasteiger partial charge >= 0.3 is 0 Å². The van der Waals surface area contributed by atoms with Crippen LogP contribution in [0.3, 0.4) is 0 Å². The molecule has 1 atom stereocenters. The molecule has 8 nitrogen and oxygen atoms in total. The third kappa shape index (κ3) is 6.00. The lowest BCUT2D eigenvalue weighted by molar-refractivity contribution is 0.0305. The van der Waals surface area contributed by atoms with Crippen molar-refractivity contribution in [2.75, 3.05) is 17.2 Å². The molecule has 1 aliphatic rings. The van der Waals surface area contributed by atoms with Crippen LogP contribution in [0.2, 0.25) is 5.02 Å². The maximum atomic E-state index is 13.7. The molecular weight excluding hydrogens is 522 g/mol. The quantitative estimate of drug-likeness (QED) is 0.191. The molecule has 0 radical (unpaired) electrons. The molecule has 6 N–H and O–H groups in total. The van der Waals surface area contributed by atoms with E-state index in [0.29, 0.717) is 50.7 Å². The number of benzene rings is 2. The highest BCUT2D eigenvalue weighted by atomic mass is 35.5. The number of rotatable bonds is 9. The highest BCUT2D eigenvalue weighted by Gasteiger charge is 2.54. The fraction of sp³-hybridized carbons (Fsp3) is 0.393. The Balaban J connectivity index is 1.78. The summed E-state index contributed by atoms with van der Waals surface area (Å²) >= 11 is 6.64. The van der Waals surface area contributed by atoms with Crippen LogP contribution in [0.1, 0.15) is 56.3 Å². The number of hydrogen-bond acceptors (Lipinski definition) is 8. The van der Waals surface area contributed by atoms with E-state index in [1.54, 1.807) is 18.2 Å². The maximum Gasteiger partial charge on any atom is 0.262 e. The number of hydrazine groups is 1. The van der Waals surface area contributed by atoms with Gasteiger partial charge in [-0.05, 0) is 54.5 Å². The Hall–Kier alpha value is -3.68. The molecular formula is C28H33ClF2N8. The Morgan fingerprint density at radius 2 is 2.00 bits per heavy atom. The average molecular weight is 555 g/mol. The molecule has 4 rings (SSSR count). The summed E-state index contributed by atoms with van der Waals surface area (Å²) in [5.74, 6) is 6.71. The van der Waals surface area contributed by atoms with E-state index >= 15 is 0 Å². The van der Waals surface area contributed by atoms with E-state index in [9.17, 15) is 14.0 Å². The van der Waals surface area contributed by atoms with Gasteiger partial charge in [-0.15, -0.1) is 0 Å². The van der Waals surface area contributed by atoms with Crippen molar-refractivity contribution in [2.24, 2.45) is 17.0 Å². The standard InChI is InChI=1S/C28H33ClF2N8/c1-16-17(12-32)6-5-7-19(16)24(22(33)13-39(34)28(8-9-28)26(30)31)38-18-10-20-23(21(29)11-18)36-15-37-25(20)35-14-27(2,3)4/h5-7,10-11,13,15,24,26,38H,8-9,14,33-34H2,1-4H3,(H,35,36,37)/b22-13-. The number of anilines is 2. The van der Waals surface area contributed by atoms with Gasteiger partial charge in [0.2, 0.25) is 0 Å². The molecule has 0 aliphatic heterocycles. The zero-order chi connectivity index (χ0) is 28.5. The number of aromatic nitrogens is 2. The fourth-order valence-corrected chi connectivity index (χ4v) is 4.64. The summed E-state index contributed by atoms with van der Waals surface area (Å²) in [6, 6.07) is 10.3. The summed E-state index contributed by atoms with van der Waals surface area (Å²) in [5.41, 5.74) is 8.39. The van der Waals surface area contributed by atoms with Gasteiger partial charge in [0, 0.05) is 23.8 Å². The number of nitrogens with one attached hydrogen (secondary N) is 2. The Kier molecular flexibility index (Phi) is 7.87. The van der Waals surface area contributed by atoms with Crippen LogP contribution in [0.15, 0.2) is 48.6 Å². The van der Waals surface area contributed by atoms with Gasteiger partial charge in [-0.25, -0.2) is 24.6 Å². The van der Waals surface area contributed by atoms with Gasteiger partial charge in [0.05, 0.1) is 33.9 Å². The average Bonchev–Trinajstić information content (AvgIpc) is 3.69. The molecule has 11 heteroatoms.